The summed E-state index contributed by atoms with van der Waals surface area (Å²) in [5.41, 5.74) is 1.36. The van der Waals surface area contributed by atoms with E-state index in [0.717, 1.165) is 24.8 Å². The molecule has 21 heavy (non-hydrogen) atoms. The zero-order chi connectivity index (χ0) is 14.9. The first-order chi connectivity index (χ1) is 10.3. The van der Waals surface area contributed by atoms with E-state index in [1.54, 1.807) is 0 Å². The second kappa shape index (κ2) is 9.06. The minimum atomic E-state index is 0.733. The van der Waals surface area contributed by atoms with Crippen LogP contribution in [0, 0.1) is 5.92 Å². The van der Waals surface area contributed by atoms with E-state index in [-0.39, 0.29) is 0 Å². The molecule has 1 aliphatic heterocycles. The maximum Gasteiger partial charge on any atom is 0.119 e. The Balaban J connectivity index is 1.92. The van der Waals surface area contributed by atoms with Crippen LogP contribution < -0.4 is 10.1 Å². The lowest BCUT2D eigenvalue weighted by Gasteiger charge is -2.30. The third-order valence-corrected chi connectivity index (χ3v) is 4.13. The topological polar surface area (TPSA) is 24.5 Å². The molecule has 0 aliphatic carbocycles. The molecule has 1 N–H and O–H groups in total. The van der Waals surface area contributed by atoms with Crippen molar-refractivity contribution in [2.24, 2.45) is 5.92 Å². The molecule has 1 aromatic carbocycles. The summed E-state index contributed by atoms with van der Waals surface area (Å²) in [5, 5.41) is 3.46. The van der Waals surface area contributed by atoms with Crippen molar-refractivity contribution in [2.75, 3.05) is 32.8 Å². The van der Waals surface area contributed by atoms with Gasteiger partial charge in [-0.3, -0.25) is 4.90 Å². The van der Waals surface area contributed by atoms with E-state index in [9.17, 15) is 0 Å². The van der Waals surface area contributed by atoms with Gasteiger partial charge in [-0.1, -0.05) is 19.1 Å². The van der Waals surface area contributed by atoms with Gasteiger partial charge < -0.3 is 10.1 Å². The molecule has 0 radical (unpaired) electrons. The minimum Gasteiger partial charge on any atom is -0.494 e. The lowest BCUT2D eigenvalue weighted by molar-refractivity contribution is 0.198. The smallest absolute Gasteiger partial charge is 0.119 e. The van der Waals surface area contributed by atoms with E-state index in [2.05, 4.69) is 35.3 Å². The highest BCUT2D eigenvalue weighted by atomic mass is 16.5. The molecule has 0 saturated carbocycles. The Morgan fingerprint density at radius 2 is 2.05 bits per heavy atom. The Hall–Kier alpha value is -1.06. The van der Waals surface area contributed by atoms with Gasteiger partial charge in [0.25, 0.3) is 0 Å². The van der Waals surface area contributed by atoms with Crippen molar-refractivity contribution in [2.45, 2.75) is 39.7 Å². The Kier molecular flexibility index (Phi) is 7.04. The molecule has 118 valence electrons. The predicted octanol–water partition coefficient (Wildman–Crippen LogP) is 3.30. The molecule has 1 aliphatic rings. The quantitative estimate of drug-likeness (QED) is 0.795. The van der Waals surface area contributed by atoms with Crippen molar-refractivity contribution in [1.29, 1.82) is 0 Å². The van der Waals surface area contributed by atoms with Gasteiger partial charge in [-0.25, -0.2) is 0 Å². The number of ether oxygens (including phenoxy) is 1. The Morgan fingerprint density at radius 3 is 2.76 bits per heavy atom. The normalized spacial score (nSPS) is 16.3. The Labute approximate surface area is 129 Å². The zero-order valence-corrected chi connectivity index (χ0v) is 13.6. The van der Waals surface area contributed by atoms with Gasteiger partial charge in [0, 0.05) is 13.1 Å². The van der Waals surface area contributed by atoms with Gasteiger partial charge in [0.15, 0.2) is 0 Å². The first-order valence-electron chi connectivity index (χ1n) is 8.46. The van der Waals surface area contributed by atoms with Crippen LogP contribution >= 0.6 is 0 Å². The lowest BCUT2D eigenvalue weighted by Crippen LogP contribution is -2.36. The van der Waals surface area contributed by atoms with Crippen LogP contribution in [0.5, 0.6) is 5.75 Å². The van der Waals surface area contributed by atoms with Crippen LogP contribution in [0.2, 0.25) is 0 Å². The molecule has 0 bridgehead atoms. The van der Waals surface area contributed by atoms with Crippen molar-refractivity contribution >= 4 is 0 Å². The Morgan fingerprint density at radius 1 is 1.24 bits per heavy atom. The largest absolute Gasteiger partial charge is 0.494 e. The van der Waals surface area contributed by atoms with Crippen LogP contribution in [0.3, 0.4) is 0 Å². The highest BCUT2D eigenvalue weighted by molar-refractivity contribution is 5.28. The van der Waals surface area contributed by atoms with E-state index in [1.165, 1.54) is 51.0 Å². The van der Waals surface area contributed by atoms with E-state index in [4.69, 9.17) is 4.74 Å². The van der Waals surface area contributed by atoms with Crippen molar-refractivity contribution in [3.05, 3.63) is 29.8 Å². The molecule has 0 unspecified atom stereocenters. The van der Waals surface area contributed by atoms with Crippen LogP contribution in [0.25, 0.3) is 0 Å². The molecule has 1 saturated heterocycles. The third kappa shape index (κ3) is 5.68. The van der Waals surface area contributed by atoms with E-state index < -0.39 is 0 Å². The fourth-order valence-corrected chi connectivity index (χ4v) is 3.14. The number of hydrogen-bond donors (Lipinski definition) is 1. The maximum atomic E-state index is 5.61. The molecule has 0 atom stereocenters. The molecular formula is C18H30N2O. The molecule has 1 heterocycles. The second-order valence-electron chi connectivity index (χ2n) is 6.01. The van der Waals surface area contributed by atoms with Gasteiger partial charge >= 0.3 is 0 Å². The third-order valence-electron chi connectivity index (χ3n) is 4.13. The molecule has 0 spiro atoms. The standard InChI is InChI=1S/C18H30N2O/c1-3-12-20(14-16-8-10-19-11-9-16)15-17-6-5-7-18(13-17)21-4-2/h5-7,13,16,19H,3-4,8-12,14-15H2,1-2H3. The molecule has 1 fully saturated rings. The number of nitrogens with zero attached hydrogens (tertiary/aromatic N) is 1. The summed E-state index contributed by atoms with van der Waals surface area (Å²) in [6.07, 6.45) is 3.86. The van der Waals surface area contributed by atoms with Crippen molar-refractivity contribution in [3.63, 3.8) is 0 Å². The van der Waals surface area contributed by atoms with E-state index in [0.29, 0.717) is 0 Å². The molecule has 1 aromatic rings. The fraction of sp³-hybridized carbons (Fsp3) is 0.667. The van der Waals surface area contributed by atoms with Crippen molar-refractivity contribution in [3.8, 4) is 5.75 Å². The summed E-state index contributed by atoms with van der Waals surface area (Å²) < 4.78 is 5.61. The van der Waals surface area contributed by atoms with E-state index >= 15 is 0 Å². The van der Waals surface area contributed by atoms with Crippen LogP contribution in [-0.2, 0) is 6.54 Å². The predicted molar refractivity (Wildman–Crippen MR) is 88.8 cm³/mol. The number of rotatable bonds is 8. The number of piperidine rings is 1. The highest BCUT2D eigenvalue weighted by Crippen LogP contribution is 2.18. The SMILES string of the molecule is CCCN(Cc1cccc(OCC)c1)CC1CCNCC1. The second-order valence-corrected chi connectivity index (χ2v) is 6.01. The minimum absolute atomic E-state index is 0.733. The van der Waals surface area contributed by atoms with Gasteiger partial charge in [0.05, 0.1) is 6.61 Å². The van der Waals surface area contributed by atoms with Crippen LogP contribution in [-0.4, -0.2) is 37.7 Å². The molecular weight excluding hydrogens is 260 g/mol. The van der Waals surface area contributed by atoms with Gasteiger partial charge in [-0.15, -0.1) is 0 Å². The zero-order valence-electron chi connectivity index (χ0n) is 13.6. The van der Waals surface area contributed by atoms with Gasteiger partial charge in [-0.2, -0.15) is 0 Å². The summed E-state index contributed by atoms with van der Waals surface area (Å²) in [6, 6.07) is 8.56. The van der Waals surface area contributed by atoms with Crippen LogP contribution in [0.4, 0.5) is 0 Å². The van der Waals surface area contributed by atoms with E-state index in [1.807, 2.05) is 13.0 Å². The molecule has 0 aromatic heterocycles. The number of benzene rings is 1. The van der Waals surface area contributed by atoms with Crippen molar-refractivity contribution < 1.29 is 4.74 Å². The fourth-order valence-electron chi connectivity index (χ4n) is 3.14. The number of nitrogens with one attached hydrogen (secondary N) is 1. The highest BCUT2D eigenvalue weighted by Gasteiger charge is 2.16. The van der Waals surface area contributed by atoms with Gasteiger partial charge in [0.1, 0.15) is 5.75 Å². The summed E-state index contributed by atoms with van der Waals surface area (Å²) in [5.74, 6) is 1.85. The monoisotopic (exact) mass is 290 g/mol. The van der Waals surface area contributed by atoms with Gasteiger partial charge in [-0.05, 0) is 69.4 Å². The summed E-state index contributed by atoms with van der Waals surface area (Å²) in [4.78, 5) is 2.61. The Bertz CT molecular complexity index is 402. The summed E-state index contributed by atoms with van der Waals surface area (Å²) in [7, 11) is 0. The molecule has 0 amide bonds. The molecule has 2 rings (SSSR count). The van der Waals surface area contributed by atoms with Crippen LogP contribution in [0.15, 0.2) is 24.3 Å². The van der Waals surface area contributed by atoms with Crippen LogP contribution in [0.1, 0.15) is 38.7 Å². The summed E-state index contributed by atoms with van der Waals surface area (Å²) >= 11 is 0. The first-order valence-corrected chi connectivity index (χ1v) is 8.46. The first kappa shape index (κ1) is 16.3. The lowest BCUT2D eigenvalue weighted by atomic mass is 9.97. The molecule has 3 nitrogen and oxygen atoms in total. The average Bonchev–Trinajstić information content (AvgIpc) is 2.49. The molecule has 3 heteroatoms. The number of hydrogen-bond acceptors (Lipinski definition) is 3. The van der Waals surface area contributed by atoms with Crippen molar-refractivity contribution in [1.82, 2.24) is 10.2 Å². The average molecular weight is 290 g/mol. The maximum absolute atomic E-state index is 5.61. The summed E-state index contributed by atoms with van der Waals surface area (Å²) in [6.45, 7) is 10.9. The van der Waals surface area contributed by atoms with Gasteiger partial charge in [0.2, 0.25) is 0 Å².